The van der Waals surface area contributed by atoms with E-state index in [9.17, 15) is 4.79 Å². The molecule has 0 spiro atoms. The van der Waals surface area contributed by atoms with Crippen LogP contribution in [0.3, 0.4) is 0 Å². The molecule has 0 atom stereocenters. The fraction of sp³-hybridized carbons (Fsp3) is 0.200. The number of nitrogens with one attached hydrogen (secondary N) is 2. The molecule has 0 aliphatic carbocycles. The Hall–Kier alpha value is -4.84. The van der Waals surface area contributed by atoms with E-state index >= 15 is 0 Å². The maximum absolute atomic E-state index is 13.2. The molecule has 0 saturated heterocycles. The van der Waals surface area contributed by atoms with E-state index in [2.05, 4.69) is 35.6 Å². The normalized spacial score (nSPS) is 11.1. The van der Waals surface area contributed by atoms with Crippen LogP contribution in [-0.4, -0.2) is 55.4 Å². The van der Waals surface area contributed by atoms with E-state index in [0.717, 1.165) is 11.3 Å². The molecule has 12 nitrogen and oxygen atoms in total. The van der Waals surface area contributed by atoms with Gasteiger partial charge in [-0.15, -0.1) is 0 Å². The molecule has 188 valence electrons. The Morgan fingerprint density at radius 2 is 2.03 bits per heavy atom. The number of nitrogens with two attached hydrogens (primary N) is 1. The number of hydrogen-bond acceptors (Lipinski definition) is 10. The van der Waals surface area contributed by atoms with Crippen molar-refractivity contribution in [2.75, 3.05) is 25.9 Å². The van der Waals surface area contributed by atoms with Gasteiger partial charge in [0, 0.05) is 36.4 Å². The molecule has 4 N–H and O–H groups in total. The Morgan fingerprint density at radius 1 is 1.14 bits per heavy atom. The van der Waals surface area contributed by atoms with Gasteiger partial charge in [0.2, 0.25) is 5.89 Å². The maximum Gasteiger partial charge on any atom is 0.274 e. The monoisotopic (exact) mass is 499 g/mol. The summed E-state index contributed by atoms with van der Waals surface area (Å²) in [6.07, 6.45) is 8.22. The number of pyridine rings is 2. The van der Waals surface area contributed by atoms with E-state index in [1.54, 1.807) is 24.5 Å². The topological polar surface area (TPSA) is 158 Å². The van der Waals surface area contributed by atoms with Crippen LogP contribution < -0.4 is 21.1 Å². The third kappa shape index (κ3) is 4.95. The first-order valence-electron chi connectivity index (χ1n) is 11.6. The maximum atomic E-state index is 13.2. The van der Waals surface area contributed by atoms with Gasteiger partial charge < -0.3 is 29.9 Å². The van der Waals surface area contributed by atoms with Crippen LogP contribution in [0.15, 0.2) is 59.7 Å². The molecule has 0 radical (unpaired) electrons. The Labute approximate surface area is 212 Å². The number of rotatable bonds is 9. The smallest absolute Gasteiger partial charge is 0.274 e. The van der Waals surface area contributed by atoms with Crippen LogP contribution in [0.2, 0.25) is 0 Å². The summed E-state index contributed by atoms with van der Waals surface area (Å²) in [7, 11) is 1.84. The summed E-state index contributed by atoms with van der Waals surface area (Å²) >= 11 is 0. The Balaban J connectivity index is 1.48. The first-order valence-corrected chi connectivity index (χ1v) is 11.6. The van der Waals surface area contributed by atoms with E-state index in [1.807, 2.05) is 36.7 Å². The average Bonchev–Trinajstić information content (AvgIpc) is 3.58. The van der Waals surface area contributed by atoms with E-state index in [-0.39, 0.29) is 23.9 Å². The summed E-state index contributed by atoms with van der Waals surface area (Å²) in [6, 6.07) is 7.28. The number of anilines is 1. The van der Waals surface area contributed by atoms with Crippen molar-refractivity contribution in [1.29, 1.82) is 0 Å². The van der Waals surface area contributed by atoms with Crippen LogP contribution in [-0.2, 0) is 6.54 Å². The minimum atomic E-state index is -0.503. The van der Waals surface area contributed by atoms with Crippen LogP contribution in [0.4, 0.5) is 5.82 Å². The number of hydrogen-bond donors (Lipinski definition) is 3. The predicted molar refractivity (Wildman–Crippen MR) is 136 cm³/mol. The second-order valence-corrected chi connectivity index (χ2v) is 8.12. The first-order chi connectivity index (χ1) is 18.0. The number of ether oxygens (including phenoxy) is 1. The molecule has 5 heterocycles. The molecule has 12 heteroatoms. The molecule has 5 aromatic heterocycles. The van der Waals surface area contributed by atoms with Gasteiger partial charge in [0.25, 0.3) is 5.91 Å². The SMILES string of the molecule is CNCCOc1cccnc1CNC(=O)c1nc(-c2ccc3ncc(C)n3c2)c(-c2ncco2)nc1N. The fourth-order valence-electron chi connectivity index (χ4n) is 3.75. The molecular formula is C25H25N9O3. The van der Waals surface area contributed by atoms with Crippen molar-refractivity contribution in [3.05, 3.63) is 72.4 Å². The molecule has 0 saturated carbocycles. The van der Waals surface area contributed by atoms with Crippen LogP contribution in [0, 0.1) is 6.92 Å². The van der Waals surface area contributed by atoms with Crippen molar-refractivity contribution in [3.8, 4) is 28.6 Å². The van der Waals surface area contributed by atoms with Gasteiger partial charge >= 0.3 is 0 Å². The number of imidazole rings is 1. The second kappa shape index (κ2) is 10.4. The molecule has 0 unspecified atom stereocenters. The van der Waals surface area contributed by atoms with Gasteiger partial charge in [-0.1, -0.05) is 0 Å². The van der Waals surface area contributed by atoms with Gasteiger partial charge in [0.05, 0.1) is 12.7 Å². The summed E-state index contributed by atoms with van der Waals surface area (Å²) in [5.74, 6) is 0.263. The molecule has 5 aromatic rings. The lowest BCUT2D eigenvalue weighted by molar-refractivity contribution is 0.0946. The van der Waals surface area contributed by atoms with Crippen molar-refractivity contribution in [3.63, 3.8) is 0 Å². The second-order valence-electron chi connectivity index (χ2n) is 8.12. The van der Waals surface area contributed by atoms with Crippen molar-refractivity contribution in [2.45, 2.75) is 13.5 Å². The lowest BCUT2D eigenvalue weighted by Crippen LogP contribution is -2.26. The highest BCUT2D eigenvalue weighted by Gasteiger charge is 2.23. The highest BCUT2D eigenvalue weighted by Crippen LogP contribution is 2.30. The van der Waals surface area contributed by atoms with Gasteiger partial charge in [-0.05, 0) is 38.2 Å². The van der Waals surface area contributed by atoms with Crippen molar-refractivity contribution >= 4 is 17.4 Å². The summed E-state index contributed by atoms with van der Waals surface area (Å²) in [5.41, 5.74) is 9.87. The molecule has 0 fully saturated rings. The van der Waals surface area contributed by atoms with Gasteiger partial charge in [0.15, 0.2) is 17.2 Å². The number of carbonyl (C=O) groups is 1. The van der Waals surface area contributed by atoms with Gasteiger partial charge in [-0.3, -0.25) is 9.78 Å². The Bertz CT molecular complexity index is 1550. The number of carbonyl (C=O) groups excluding carboxylic acids is 1. The highest BCUT2D eigenvalue weighted by molar-refractivity contribution is 5.97. The van der Waals surface area contributed by atoms with Gasteiger partial charge in [0.1, 0.15) is 35.7 Å². The lowest BCUT2D eigenvalue weighted by atomic mass is 10.1. The summed E-state index contributed by atoms with van der Waals surface area (Å²) in [6.45, 7) is 3.21. The lowest BCUT2D eigenvalue weighted by Gasteiger charge is -2.13. The molecule has 37 heavy (non-hydrogen) atoms. The number of aryl methyl sites for hydroxylation is 1. The van der Waals surface area contributed by atoms with Gasteiger partial charge in [-0.2, -0.15) is 0 Å². The predicted octanol–water partition coefficient (Wildman–Crippen LogP) is 2.26. The number of amides is 1. The summed E-state index contributed by atoms with van der Waals surface area (Å²) in [5, 5.41) is 5.84. The number of nitrogens with zero attached hydrogens (tertiary/aromatic N) is 6. The number of likely N-dealkylation sites (N-methyl/N-ethyl adjacent to an activating group) is 1. The summed E-state index contributed by atoms with van der Waals surface area (Å²) in [4.78, 5) is 35.2. The van der Waals surface area contributed by atoms with Crippen LogP contribution in [0.1, 0.15) is 21.9 Å². The third-order valence-corrected chi connectivity index (χ3v) is 5.61. The molecule has 0 aliphatic rings. The van der Waals surface area contributed by atoms with E-state index < -0.39 is 5.91 Å². The molecule has 5 rings (SSSR count). The molecule has 0 aromatic carbocycles. The van der Waals surface area contributed by atoms with Crippen LogP contribution in [0.25, 0.3) is 28.5 Å². The molecular weight excluding hydrogens is 474 g/mol. The van der Waals surface area contributed by atoms with Crippen molar-refractivity contribution in [1.82, 2.24) is 40.0 Å². The number of nitrogen functional groups attached to an aromatic ring is 1. The highest BCUT2D eigenvalue weighted by atomic mass is 16.5. The van der Waals surface area contributed by atoms with Gasteiger partial charge in [-0.25, -0.2) is 19.9 Å². The third-order valence-electron chi connectivity index (χ3n) is 5.61. The van der Waals surface area contributed by atoms with Crippen molar-refractivity contribution < 1.29 is 13.9 Å². The molecule has 0 bridgehead atoms. The zero-order valence-corrected chi connectivity index (χ0v) is 20.3. The number of aromatic nitrogens is 6. The molecule has 0 aliphatic heterocycles. The minimum absolute atomic E-state index is 0.0265. The standard InChI is InChI=1S/C25H25N9O3/c1-15-12-30-19-6-5-16(14-34(15)19)20-21(25-29-9-11-37-25)33-23(26)22(32-20)24(35)31-13-17-18(4-3-7-28-17)36-10-8-27-2/h3-7,9,11-12,14,27H,8,10,13H2,1-2H3,(H2,26,33)(H,31,35). The zero-order valence-electron chi connectivity index (χ0n) is 20.3. The number of fused-ring (bicyclic) bond motifs is 1. The van der Waals surface area contributed by atoms with Crippen LogP contribution >= 0.6 is 0 Å². The average molecular weight is 500 g/mol. The molecule has 1 amide bonds. The quantitative estimate of drug-likeness (QED) is 0.257. The minimum Gasteiger partial charge on any atom is -0.490 e. The largest absolute Gasteiger partial charge is 0.490 e. The van der Waals surface area contributed by atoms with Crippen molar-refractivity contribution in [2.24, 2.45) is 0 Å². The van der Waals surface area contributed by atoms with E-state index in [1.165, 1.54) is 12.5 Å². The first kappa shape index (κ1) is 23.9. The van der Waals surface area contributed by atoms with E-state index in [0.29, 0.717) is 41.5 Å². The number of oxazole rings is 1. The van der Waals surface area contributed by atoms with E-state index in [4.69, 9.17) is 14.9 Å². The Morgan fingerprint density at radius 3 is 2.84 bits per heavy atom. The Kier molecular flexibility index (Phi) is 6.72. The fourth-order valence-corrected chi connectivity index (χ4v) is 3.75. The van der Waals surface area contributed by atoms with Crippen LogP contribution in [0.5, 0.6) is 5.75 Å². The summed E-state index contributed by atoms with van der Waals surface area (Å²) < 4.78 is 13.2. The zero-order chi connectivity index (χ0) is 25.8.